The van der Waals surface area contributed by atoms with Crippen LogP contribution in [0.3, 0.4) is 0 Å². The number of carboxylic acid groups (broad SMARTS) is 1. The van der Waals surface area contributed by atoms with Gasteiger partial charge in [0.2, 0.25) is 0 Å². The van der Waals surface area contributed by atoms with E-state index in [4.69, 9.17) is 9.52 Å². The first-order valence-electron chi connectivity index (χ1n) is 12.4. The Hall–Kier alpha value is -5.50. The van der Waals surface area contributed by atoms with Crippen LogP contribution in [0.15, 0.2) is 112 Å². The third-order valence-electron chi connectivity index (χ3n) is 6.70. The summed E-state index contributed by atoms with van der Waals surface area (Å²) in [5.74, 6) is -3.50. The van der Waals surface area contributed by atoms with E-state index < -0.39 is 23.3 Å². The number of para-hydroxylation sites is 2. The van der Waals surface area contributed by atoms with E-state index in [9.17, 15) is 18.8 Å². The van der Waals surface area contributed by atoms with E-state index in [-0.39, 0.29) is 12.2 Å². The molecule has 6 aromatic rings. The summed E-state index contributed by atoms with van der Waals surface area (Å²) < 4.78 is 21.3. The molecule has 0 spiro atoms. The third kappa shape index (κ3) is 4.63. The molecule has 0 aliphatic heterocycles. The van der Waals surface area contributed by atoms with Crippen LogP contribution in [0.25, 0.3) is 44.2 Å². The zero-order valence-electron chi connectivity index (χ0n) is 20.9. The van der Waals surface area contributed by atoms with Crippen LogP contribution in [0.1, 0.15) is 5.56 Å². The molecule has 4 aromatic carbocycles. The minimum Gasteiger partial charge on any atom is -0.474 e. The molecule has 0 radical (unpaired) electrons. The Bertz CT molecular complexity index is 1990. The van der Waals surface area contributed by atoms with Gasteiger partial charge in [-0.3, -0.25) is 9.59 Å². The predicted molar refractivity (Wildman–Crippen MR) is 151 cm³/mol. The Labute approximate surface area is 226 Å². The minimum atomic E-state index is -1.72. The van der Waals surface area contributed by atoms with Gasteiger partial charge in [-0.05, 0) is 41.0 Å². The number of rotatable bonds is 5. The molecule has 0 fully saturated rings. The summed E-state index contributed by atoms with van der Waals surface area (Å²) in [5.41, 5.74) is 4.42. The van der Waals surface area contributed by atoms with Crippen molar-refractivity contribution in [1.29, 1.82) is 0 Å². The molecule has 0 aliphatic carbocycles. The Balaban J connectivity index is 1.41. The Morgan fingerprint density at radius 2 is 1.55 bits per heavy atom. The van der Waals surface area contributed by atoms with E-state index in [1.54, 1.807) is 12.3 Å². The molecule has 40 heavy (non-hydrogen) atoms. The lowest BCUT2D eigenvalue weighted by Crippen LogP contribution is -2.29. The molecule has 0 bridgehead atoms. The normalized spacial score (nSPS) is 11.1. The van der Waals surface area contributed by atoms with Gasteiger partial charge < -0.3 is 19.4 Å². The van der Waals surface area contributed by atoms with Crippen LogP contribution in [0.5, 0.6) is 0 Å². The molecule has 196 valence electrons. The SMILES string of the molecule is O=C(O)C(=O)Nc1cc(-c2ccc(-c3cccc4c3oc3ccccc34)cc2)cn(Cc2cccc(F)c2)c1=O. The topological polar surface area (TPSA) is 102 Å². The van der Waals surface area contributed by atoms with Gasteiger partial charge in [0, 0.05) is 28.1 Å². The second-order valence-electron chi connectivity index (χ2n) is 9.32. The number of benzene rings is 4. The lowest BCUT2D eigenvalue weighted by molar-refractivity contribution is -0.147. The molecule has 2 aromatic heterocycles. The molecule has 1 amide bonds. The quantitative estimate of drug-likeness (QED) is 0.254. The van der Waals surface area contributed by atoms with Gasteiger partial charge in [0.25, 0.3) is 5.56 Å². The van der Waals surface area contributed by atoms with Crippen LogP contribution in [0.2, 0.25) is 0 Å². The summed E-state index contributed by atoms with van der Waals surface area (Å²) >= 11 is 0. The average molecular weight is 533 g/mol. The van der Waals surface area contributed by atoms with Crippen molar-refractivity contribution in [2.24, 2.45) is 0 Å². The summed E-state index contributed by atoms with van der Waals surface area (Å²) in [7, 11) is 0. The number of aromatic nitrogens is 1. The lowest BCUT2D eigenvalue weighted by atomic mass is 9.99. The monoisotopic (exact) mass is 532 g/mol. The van der Waals surface area contributed by atoms with E-state index in [0.717, 1.165) is 38.6 Å². The number of carbonyl (C=O) groups is 2. The molecule has 0 aliphatic rings. The van der Waals surface area contributed by atoms with Crippen molar-refractivity contribution in [3.8, 4) is 22.3 Å². The van der Waals surface area contributed by atoms with Crippen LogP contribution >= 0.6 is 0 Å². The molecule has 0 saturated heterocycles. The number of carbonyl (C=O) groups excluding carboxylic acids is 1. The number of hydrogen-bond acceptors (Lipinski definition) is 4. The summed E-state index contributed by atoms with van der Waals surface area (Å²) in [4.78, 5) is 36.1. The first-order chi connectivity index (χ1) is 19.4. The Kier molecular flexibility index (Phi) is 6.20. The predicted octanol–water partition coefficient (Wildman–Crippen LogP) is 6.29. The van der Waals surface area contributed by atoms with Crippen molar-refractivity contribution in [1.82, 2.24) is 4.57 Å². The molecule has 0 saturated carbocycles. The number of fused-ring (bicyclic) bond motifs is 3. The molecular weight excluding hydrogens is 511 g/mol. The van der Waals surface area contributed by atoms with E-state index in [0.29, 0.717) is 11.1 Å². The van der Waals surface area contributed by atoms with Gasteiger partial charge in [-0.2, -0.15) is 0 Å². The van der Waals surface area contributed by atoms with E-state index >= 15 is 0 Å². The molecule has 0 atom stereocenters. The van der Waals surface area contributed by atoms with E-state index in [2.05, 4.69) is 5.32 Å². The van der Waals surface area contributed by atoms with Gasteiger partial charge in [-0.1, -0.05) is 72.8 Å². The number of nitrogens with one attached hydrogen (secondary N) is 1. The summed E-state index contributed by atoms with van der Waals surface area (Å²) in [6, 6.07) is 28.7. The van der Waals surface area contributed by atoms with Crippen LogP contribution in [-0.2, 0) is 16.1 Å². The van der Waals surface area contributed by atoms with Gasteiger partial charge in [0.05, 0.1) is 6.54 Å². The zero-order valence-corrected chi connectivity index (χ0v) is 20.9. The molecule has 2 N–H and O–H groups in total. The van der Waals surface area contributed by atoms with Crippen molar-refractivity contribution >= 4 is 39.5 Å². The summed E-state index contributed by atoms with van der Waals surface area (Å²) in [6.45, 7) is 0.0203. The highest BCUT2D eigenvalue weighted by Crippen LogP contribution is 2.36. The molecule has 2 heterocycles. The largest absolute Gasteiger partial charge is 0.474 e. The number of halogens is 1. The average Bonchev–Trinajstić information content (AvgIpc) is 3.34. The summed E-state index contributed by atoms with van der Waals surface area (Å²) in [5, 5.41) is 13.3. The fourth-order valence-corrected chi connectivity index (χ4v) is 4.83. The maximum Gasteiger partial charge on any atom is 0.394 e. The van der Waals surface area contributed by atoms with Gasteiger partial charge in [0.1, 0.15) is 22.7 Å². The van der Waals surface area contributed by atoms with Crippen molar-refractivity contribution in [2.75, 3.05) is 5.32 Å². The molecular formula is C32H21FN2O5. The summed E-state index contributed by atoms with van der Waals surface area (Å²) in [6.07, 6.45) is 1.60. The van der Waals surface area contributed by atoms with Gasteiger partial charge in [-0.25, -0.2) is 9.18 Å². The molecule has 7 nitrogen and oxygen atoms in total. The first kappa shape index (κ1) is 24.8. The van der Waals surface area contributed by atoms with Gasteiger partial charge >= 0.3 is 11.9 Å². The number of aliphatic carboxylic acids is 1. The molecule has 0 unspecified atom stereocenters. The van der Waals surface area contributed by atoms with Crippen molar-refractivity contribution < 1.29 is 23.5 Å². The van der Waals surface area contributed by atoms with Crippen molar-refractivity contribution in [2.45, 2.75) is 6.54 Å². The highest BCUT2D eigenvalue weighted by atomic mass is 19.1. The maximum absolute atomic E-state index is 13.8. The number of pyridine rings is 1. The minimum absolute atomic E-state index is 0.0203. The number of carboxylic acids is 1. The first-order valence-corrected chi connectivity index (χ1v) is 12.4. The molecule has 6 rings (SSSR count). The number of anilines is 1. The third-order valence-corrected chi connectivity index (χ3v) is 6.70. The number of amides is 1. The van der Waals surface area contributed by atoms with Crippen molar-refractivity contribution in [3.63, 3.8) is 0 Å². The van der Waals surface area contributed by atoms with Gasteiger partial charge in [0.15, 0.2) is 0 Å². The van der Waals surface area contributed by atoms with Crippen LogP contribution in [-0.4, -0.2) is 21.6 Å². The highest BCUT2D eigenvalue weighted by molar-refractivity contribution is 6.36. The van der Waals surface area contributed by atoms with Crippen LogP contribution < -0.4 is 10.9 Å². The van der Waals surface area contributed by atoms with Crippen LogP contribution in [0.4, 0.5) is 10.1 Å². The fraction of sp³-hybridized carbons (Fsp3) is 0.0312. The van der Waals surface area contributed by atoms with E-state index in [1.807, 2.05) is 66.7 Å². The second-order valence-corrected chi connectivity index (χ2v) is 9.32. The number of hydrogen-bond donors (Lipinski definition) is 2. The fourth-order valence-electron chi connectivity index (χ4n) is 4.83. The number of furan rings is 1. The van der Waals surface area contributed by atoms with Gasteiger partial charge in [-0.15, -0.1) is 0 Å². The van der Waals surface area contributed by atoms with Crippen molar-refractivity contribution in [3.05, 3.63) is 125 Å². The Morgan fingerprint density at radius 1 is 0.825 bits per heavy atom. The Morgan fingerprint density at radius 3 is 2.33 bits per heavy atom. The maximum atomic E-state index is 13.8. The second kappa shape index (κ2) is 9.99. The lowest BCUT2D eigenvalue weighted by Gasteiger charge is -2.13. The van der Waals surface area contributed by atoms with E-state index in [1.165, 1.54) is 28.8 Å². The smallest absolute Gasteiger partial charge is 0.394 e. The van der Waals surface area contributed by atoms with Crippen LogP contribution in [0, 0.1) is 5.82 Å². The standard InChI is InChI=1S/C32H21FN2O5/c33-23-6-3-5-19(15-23)17-35-18-22(16-27(31(35)37)34-30(36)32(38)39)20-11-13-21(14-12-20)24-8-4-9-26-25-7-1-2-10-28(25)40-29(24)26/h1-16,18H,17H2,(H,34,36)(H,38,39). The molecule has 8 heteroatoms. The number of nitrogens with zero attached hydrogens (tertiary/aromatic N) is 1. The zero-order chi connectivity index (χ0) is 27.8. The highest BCUT2D eigenvalue weighted by Gasteiger charge is 2.17.